The van der Waals surface area contributed by atoms with Crippen LogP contribution < -0.4 is 5.32 Å². The van der Waals surface area contributed by atoms with Crippen molar-refractivity contribution in [2.75, 3.05) is 0 Å². The highest BCUT2D eigenvalue weighted by Crippen LogP contribution is 2.15. The minimum Gasteiger partial charge on any atom is -0.306 e. The van der Waals surface area contributed by atoms with Gasteiger partial charge in [0.05, 0.1) is 29.0 Å². The van der Waals surface area contributed by atoms with E-state index in [0.717, 1.165) is 66.4 Å². The smallest absolute Gasteiger partial charge is 0.150 e. The van der Waals surface area contributed by atoms with Gasteiger partial charge in [-0.2, -0.15) is 5.10 Å². The Bertz CT molecular complexity index is 869. The zero-order chi connectivity index (χ0) is 16.5. The molecule has 124 valence electrons. The summed E-state index contributed by atoms with van der Waals surface area (Å²) in [6.07, 6.45) is 2.96. The SMILES string of the molecule is CCc1nc2n(n1)CC(NCc1nc3ccccc3nc1C)CC2. The number of hydrogen-bond acceptors (Lipinski definition) is 5. The Morgan fingerprint density at radius 1 is 1.17 bits per heavy atom. The van der Waals surface area contributed by atoms with Gasteiger partial charge in [-0.25, -0.2) is 19.6 Å². The van der Waals surface area contributed by atoms with E-state index in [1.54, 1.807) is 0 Å². The first kappa shape index (κ1) is 15.2. The van der Waals surface area contributed by atoms with Crippen LogP contribution in [-0.2, 0) is 25.9 Å². The lowest BCUT2D eigenvalue weighted by Gasteiger charge is -2.23. The normalized spacial score (nSPS) is 17.2. The second-order valence-corrected chi connectivity index (χ2v) is 6.34. The largest absolute Gasteiger partial charge is 0.306 e. The first-order valence-electron chi connectivity index (χ1n) is 8.61. The van der Waals surface area contributed by atoms with Crippen molar-refractivity contribution in [3.05, 3.63) is 47.3 Å². The number of nitrogens with zero attached hydrogens (tertiary/aromatic N) is 5. The van der Waals surface area contributed by atoms with E-state index in [1.807, 2.05) is 31.2 Å². The molecule has 0 radical (unpaired) electrons. The summed E-state index contributed by atoms with van der Waals surface area (Å²) in [5.74, 6) is 2.06. The quantitative estimate of drug-likeness (QED) is 0.797. The van der Waals surface area contributed by atoms with Gasteiger partial charge in [-0.05, 0) is 25.5 Å². The summed E-state index contributed by atoms with van der Waals surface area (Å²) >= 11 is 0. The monoisotopic (exact) mass is 322 g/mol. The Hall–Kier alpha value is -2.34. The topological polar surface area (TPSA) is 68.5 Å². The molecule has 0 aliphatic carbocycles. The molecule has 4 rings (SSSR count). The van der Waals surface area contributed by atoms with Crippen molar-refractivity contribution in [2.45, 2.75) is 52.2 Å². The molecular weight excluding hydrogens is 300 g/mol. The van der Waals surface area contributed by atoms with Crippen molar-refractivity contribution < 1.29 is 0 Å². The van der Waals surface area contributed by atoms with Gasteiger partial charge in [0.2, 0.25) is 0 Å². The predicted octanol–water partition coefficient (Wildman–Crippen LogP) is 2.20. The highest BCUT2D eigenvalue weighted by atomic mass is 15.4. The van der Waals surface area contributed by atoms with E-state index in [0.29, 0.717) is 6.04 Å². The van der Waals surface area contributed by atoms with E-state index < -0.39 is 0 Å². The molecule has 0 spiro atoms. The second kappa shape index (κ2) is 6.28. The van der Waals surface area contributed by atoms with Crippen LogP contribution >= 0.6 is 0 Å². The molecule has 1 aromatic carbocycles. The number of rotatable bonds is 4. The molecular formula is C18H22N6. The van der Waals surface area contributed by atoms with E-state index in [2.05, 4.69) is 32.0 Å². The standard InChI is InChI=1S/C18H22N6/c1-3-17-22-18-9-8-13(11-24(18)23-17)19-10-16-12(2)20-14-6-4-5-7-15(14)21-16/h4-7,13,19H,3,8-11H2,1-2H3. The van der Waals surface area contributed by atoms with Gasteiger partial charge >= 0.3 is 0 Å². The number of nitrogens with one attached hydrogen (secondary N) is 1. The minimum absolute atomic E-state index is 0.400. The first-order valence-corrected chi connectivity index (χ1v) is 8.61. The third-order valence-corrected chi connectivity index (χ3v) is 4.62. The van der Waals surface area contributed by atoms with Gasteiger partial charge in [0.15, 0.2) is 5.82 Å². The van der Waals surface area contributed by atoms with Crippen molar-refractivity contribution in [1.82, 2.24) is 30.0 Å². The zero-order valence-corrected chi connectivity index (χ0v) is 14.2. The van der Waals surface area contributed by atoms with Crippen molar-refractivity contribution in [2.24, 2.45) is 0 Å². The Labute approximate surface area is 141 Å². The number of benzene rings is 1. The second-order valence-electron chi connectivity index (χ2n) is 6.34. The van der Waals surface area contributed by atoms with Crippen LogP contribution in [-0.4, -0.2) is 30.8 Å². The fourth-order valence-electron chi connectivity index (χ4n) is 3.21. The molecule has 1 N–H and O–H groups in total. The summed E-state index contributed by atoms with van der Waals surface area (Å²) in [6, 6.07) is 8.42. The maximum Gasteiger partial charge on any atom is 0.150 e. The number of fused-ring (bicyclic) bond motifs is 2. The fraction of sp³-hybridized carbons (Fsp3) is 0.444. The summed E-state index contributed by atoms with van der Waals surface area (Å²) in [5, 5.41) is 8.19. The van der Waals surface area contributed by atoms with E-state index in [4.69, 9.17) is 4.98 Å². The van der Waals surface area contributed by atoms with Gasteiger partial charge in [0.25, 0.3) is 0 Å². The van der Waals surface area contributed by atoms with Crippen molar-refractivity contribution in [3.8, 4) is 0 Å². The van der Waals surface area contributed by atoms with Crippen LogP contribution in [0.25, 0.3) is 11.0 Å². The molecule has 0 bridgehead atoms. The van der Waals surface area contributed by atoms with Gasteiger partial charge in [0.1, 0.15) is 5.82 Å². The third kappa shape index (κ3) is 2.89. The molecule has 24 heavy (non-hydrogen) atoms. The summed E-state index contributed by atoms with van der Waals surface area (Å²) < 4.78 is 2.05. The van der Waals surface area contributed by atoms with Crippen LogP contribution in [0.1, 0.15) is 36.4 Å². The lowest BCUT2D eigenvalue weighted by Crippen LogP contribution is -2.37. The molecule has 1 unspecified atom stereocenters. The highest BCUT2D eigenvalue weighted by Gasteiger charge is 2.21. The van der Waals surface area contributed by atoms with Gasteiger partial charge in [-0.15, -0.1) is 0 Å². The summed E-state index contributed by atoms with van der Waals surface area (Å²) in [5.41, 5.74) is 3.92. The Balaban J connectivity index is 1.46. The lowest BCUT2D eigenvalue weighted by atomic mass is 10.1. The minimum atomic E-state index is 0.400. The van der Waals surface area contributed by atoms with Gasteiger partial charge in [0, 0.05) is 25.4 Å². The molecule has 1 aliphatic rings. The van der Waals surface area contributed by atoms with E-state index in [-0.39, 0.29) is 0 Å². The molecule has 0 saturated carbocycles. The first-order chi connectivity index (χ1) is 11.7. The average Bonchev–Trinajstić information content (AvgIpc) is 3.02. The maximum absolute atomic E-state index is 4.76. The van der Waals surface area contributed by atoms with Crippen molar-refractivity contribution >= 4 is 11.0 Å². The molecule has 3 aromatic rings. The Morgan fingerprint density at radius 2 is 1.96 bits per heavy atom. The molecule has 2 aromatic heterocycles. The van der Waals surface area contributed by atoms with Gasteiger partial charge < -0.3 is 5.32 Å². The number of para-hydroxylation sites is 2. The molecule has 0 fully saturated rings. The van der Waals surface area contributed by atoms with E-state index in [1.165, 1.54) is 0 Å². The predicted molar refractivity (Wildman–Crippen MR) is 92.6 cm³/mol. The average molecular weight is 322 g/mol. The van der Waals surface area contributed by atoms with E-state index in [9.17, 15) is 0 Å². The van der Waals surface area contributed by atoms with Crippen molar-refractivity contribution in [1.29, 1.82) is 0 Å². The van der Waals surface area contributed by atoms with Crippen LogP contribution in [0.4, 0.5) is 0 Å². The Kier molecular flexibility index (Phi) is 3.98. The molecule has 1 atom stereocenters. The van der Waals surface area contributed by atoms with Gasteiger partial charge in [-0.3, -0.25) is 0 Å². The highest BCUT2D eigenvalue weighted by molar-refractivity contribution is 5.74. The molecule has 1 aliphatic heterocycles. The summed E-state index contributed by atoms with van der Waals surface area (Å²) in [6.45, 7) is 5.74. The summed E-state index contributed by atoms with van der Waals surface area (Å²) in [7, 11) is 0. The van der Waals surface area contributed by atoms with E-state index >= 15 is 0 Å². The number of hydrogen-bond donors (Lipinski definition) is 1. The third-order valence-electron chi connectivity index (χ3n) is 4.62. The van der Waals surface area contributed by atoms with Gasteiger partial charge in [-0.1, -0.05) is 19.1 Å². The van der Waals surface area contributed by atoms with Crippen LogP contribution in [0.2, 0.25) is 0 Å². The van der Waals surface area contributed by atoms with Crippen LogP contribution in [0.3, 0.4) is 0 Å². The van der Waals surface area contributed by atoms with Crippen LogP contribution in [0.5, 0.6) is 0 Å². The number of aryl methyl sites for hydroxylation is 3. The Morgan fingerprint density at radius 3 is 2.75 bits per heavy atom. The van der Waals surface area contributed by atoms with Crippen LogP contribution in [0, 0.1) is 6.92 Å². The lowest BCUT2D eigenvalue weighted by molar-refractivity contribution is 0.356. The molecule has 0 saturated heterocycles. The molecule has 3 heterocycles. The fourth-order valence-corrected chi connectivity index (χ4v) is 3.21. The molecule has 6 heteroatoms. The number of aromatic nitrogens is 5. The molecule has 0 amide bonds. The zero-order valence-electron chi connectivity index (χ0n) is 14.2. The van der Waals surface area contributed by atoms with Crippen molar-refractivity contribution in [3.63, 3.8) is 0 Å². The molecule has 6 nitrogen and oxygen atoms in total. The summed E-state index contributed by atoms with van der Waals surface area (Å²) in [4.78, 5) is 14.0. The maximum atomic E-state index is 4.76. The van der Waals surface area contributed by atoms with Crippen LogP contribution in [0.15, 0.2) is 24.3 Å².